The first-order valence-corrected chi connectivity index (χ1v) is 9.89. The molecule has 3 aromatic heterocycles. The maximum atomic E-state index is 14.8. The average Bonchev–Trinajstić information content (AvgIpc) is 3.42. The van der Waals surface area contributed by atoms with Crippen molar-refractivity contribution in [3.05, 3.63) is 70.5 Å². The molecule has 1 atom stereocenters. The van der Waals surface area contributed by atoms with Gasteiger partial charge in [-0.2, -0.15) is 4.98 Å². The van der Waals surface area contributed by atoms with E-state index in [0.717, 1.165) is 6.07 Å². The fraction of sp³-hybridized carbons (Fsp3) is 0.182. The van der Waals surface area contributed by atoms with Crippen LogP contribution in [0.15, 0.2) is 52.0 Å². The number of benzene rings is 2. The molecule has 3 heterocycles. The lowest BCUT2D eigenvalue weighted by molar-refractivity contribution is 0.162. The number of fused-ring (bicyclic) bond motifs is 3. The Morgan fingerprint density at radius 2 is 1.94 bits per heavy atom. The van der Waals surface area contributed by atoms with Crippen LogP contribution in [0.2, 0.25) is 0 Å². The number of halogens is 3. The van der Waals surface area contributed by atoms with Crippen LogP contribution in [0.25, 0.3) is 39.5 Å². The number of para-hydroxylation sites is 1. The van der Waals surface area contributed by atoms with Gasteiger partial charge in [0.1, 0.15) is 40.5 Å². The molecule has 0 spiro atoms. The molecule has 0 radical (unpaired) electrons. The van der Waals surface area contributed by atoms with Crippen molar-refractivity contribution in [1.82, 2.24) is 24.1 Å². The van der Waals surface area contributed by atoms with Crippen molar-refractivity contribution in [2.45, 2.75) is 13.0 Å². The van der Waals surface area contributed by atoms with Gasteiger partial charge < -0.3 is 9.26 Å². The third-order valence-corrected chi connectivity index (χ3v) is 5.30. The van der Waals surface area contributed by atoms with Crippen molar-refractivity contribution in [3.8, 4) is 23.0 Å². The predicted molar refractivity (Wildman–Crippen MR) is 112 cm³/mol. The van der Waals surface area contributed by atoms with Crippen LogP contribution in [0.1, 0.15) is 13.0 Å². The average molecular weight is 455 g/mol. The standard InChI is InChI=1S/C22H16F3N5O3/c1-11(9-32-2)30-18-14(24)4-3-5-16(18)29-10-26-17(19(29)22(30)31)20-27-21(33-28-20)13-7-6-12(23)8-15(13)25/h3-8,10-11H,9H2,1-2H3. The largest absolute Gasteiger partial charge is 0.383 e. The number of hydrogen-bond acceptors (Lipinski definition) is 6. The van der Waals surface area contributed by atoms with E-state index in [1.165, 1.54) is 40.6 Å². The SMILES string of the molecule is COCC(C)n1c(=O)c2c(-c3noc(-c4ccc(F)cc4F)n3)ncn2c2cccc(F)c21. The van der Waals surface area contributed by atoms with E-state index in [0.29, 0.717) is 11.6 Å². The van der Waals surface area contributed by atoms with Gasteiger partial charge in [0.2, 0.25) is 5.82 Å². The molecule has 5 rings (SSSR count). The summed E-state index contributed by atoms with van der Waals surface area (Å²) in [6.45, 7) is 1.90. The number of hydrogen-bond donors (Lipinski definition) is 0. The summed E-state index contributed by atoms with van der Waals surface area (Å²) in [5.41, 5.74) is 0.0246. The quantitative estimate of drug-likeness (QED) is 0.398. The van der Waals surface area contributed by atoms with Gasteiger partial charge in [0.15, 0.2) is 0 Å². The smallest absolute Gasteiger partial charge is 0.278 e. The molecule has 168 valence electrons. The van der Waals surface area contributed by atoms with E-state index in [-0.39, 0.29) is 40.6 Å². The second-order valence-corrected chi connectivity index (χ2v) is 7.45. The van der Waals surface area contributed by atoms with Crippen LogP contribution in [0, 0.1) is 17.5 Å². The fourth-order valence-corrected chi connectivity index (χ4v) is 3.88. The number of nitrogens with zero attached hydrogens (tertiary/aromatic N) is 5. The van der Waals surface area contributed by atoms with Crippen molar-refractivity contribution < 1.29 is 22.4 Å². The number of imidazole rings is 1. The first kappa shape index (κ1) is 20.9. The summed E-state index contributed by atoms with van der Waals surface area (Å²) in [5, 5.41) is 3.83. The molecule has 0 aliphatic carbocycles. The number of ether oxygens (including phenoxy) is 1. The zero-order valence-electron chi connectivity index (χ0n) is 17.4. The minimum absolute atomic E-state index is 0.0713. The van der Waals surface area contributed by atoms with E-state index in [4.69, 9.17) is 9.26 Å². The first-order valence-electron chi connectivity index (χ1n) is 9.89. The monoisotopic (exact) mass is 455 g/mol. The summed E-state index contributed by atoms with van der Waals surface area (Å²) < 4.78 is 55.2. The molecule has 0 saturated carbocycles. The van der Waals surface area contributed by atoms with Crippen molar-refractivity contribution in [1.29, 1.82) is 0 Å². The van der Waals surface area contributed by atoms with Crippen LogP contribution < -0.4 is 5.56 Å². The second kappa shape index (κ2) is 7.85. The minimum atomic E-state index is -0.878. The zero-order valence-corrected chi connectivity index (χ0v) is 17.4. The minimum Gasteiger partial charge on any atom is -0.383 e. The highest BCUT2D eigenvalue weighted by Crippen LogP contribution is 2.28. The Balaban J connectivity index is 1.76. The van der Waals surface area contributed by atoms with Gasteiger partial charge >= 0.3 is 0 Å². The van der Waals surface area contributed by atoms with Gasteiger partial charge in [0.25, 0.3) is 11.4 Å². The molecule has 2 aromatic carbocycles. The van der Waals surface area contributed by atoms with Gasteiger partial charge in [-0.05, 0) is 31.2 Å². The molecule has 8 nitrogen and oxygen atoms in total. The van der Waals surface area contributed by atoms with E-state index >= 15 is 0 Å². The molecule has 33 heavy (non-hydrogen) atoms. The van der Waals surface area contributed by atoms with Gasteiger partial charge in [-0.3, -0.25) is 13.8 Å². The second-order valence-electron chi connectivity index (χ2n) is 7.45. The third kappa shape index (κ3) is 3.28. The van der Waals surface area contributed by atoms with E-state index in [2.05, 4.69) is 15.1 Å². The highest BCUT2D eigenvalue weighted by molar-refractivity contribution is 5.84. The van der Waals surface area contributed by atoms with Crippen molar-refractivity contribution in [3.63, 3.8) is 0 Å². The molecule has 0 aliphatic rings. The Kier molecular flexibility index (Phi) is 4.97. The molecule has 0 aliphatic heterocycles. The van der Waals surface area contributed by atoms with Gasteiger partial charge in [0.05, 0.1) is 23.7 Å². The van der Waals surface area contributed by atoms with Crippen LogP contribution >= 0.6 is 0 Å². The van der Waals surface area contributed by atoms with Crippen LogP contribution in [0.4, 0.5) is 13.2 Å². The number of rotatable bonds is 5. The summed E-state index contributed by atoms with van der Waals surface area (Å²) in [6.07, 6.45) is 1.35. The van der Waals surface area contributed by atoms with Crippen LogP contribution in [-0.4, -0.2) is 37.8 Å². The lowest BCUT2D eigenvalue weighted by Gasteiger charge is -2.18. The maximum absolute atomic E-state index is 14.8. The Labute approximate surface area is 183 Å². The highest BCUT2D eigenvalue weighted by atomic mass is 19.1. The maximum Gasteiger partial charge on any atom is 0.278 e. The van der Waals surface area contributed by atoms with E-state index in [9.17, 15) is 18.0 Å². The van der Waals surface area contributed by atoms with Gasteiger partial charge in [-0.1, -0.05) is 11.2 Å². The van der Waals surface area contributed by atoms with E-state index in [1.54, 1.807) is 13.0 Å². The van der Waals surface area contributed by atoms with Gasteiger partial charge in [0, 0.05) is 13.2 Å². The molecule has 0 N–H and O–H groups in total. The van der Waals surface area contributed by atoms with Crippen LogP contribution in [0.3, 0.4) is 0 Å². The fourth-order valence-electron chi connectivity index (χ4n) is 3.88. The van der Waals surface area contributed by atoms with Crippen LogP contribution in [-0.2, 0) is 4.74 Å². The lowest BCUT2D eigenvalue weighted by atomic mass is 10.2. The molecule has 11 heteroatoms. The summed E-state index contributed by atoms with van der Waals surface area (Å²) in [5.74, 6) is -2.48. The molecule has 0 saturated heterocycles. The zero-order chi connectivity index (χ0) is 23.3. The molecule has 0 bridgehead atoms. The lowest BCUT2D eigenvalue weighted by Crippen LogP contribution is -2.28. The molecular weight excluding hydrogens is 439 g/mol. The third-order valence-electron chi connectivity index (χ3n) is 5.30. The molecular formula is C22H16F3N5O3. The van der Waals surface area contributed by atoms with Gasteiger partial charge in [-0.15, -0.1) is 0 Å². The normalized spacial score (nSPS) is 12.6. The summed E-state index contributed by atoms with van der Waals surface area (Å²) in [4.78, 5) is 21.9. The first-order chi connectivity index (χ1) is 15.9. The van der Waals surface area contributed by atoms with E-state index in [1.807, 2.05) is 0 Å². The summed E-state index contributed by atoms with van der Waals surface area (Å²) in [7, 11) is 1.48. The predicted octanol–water partition coefficient (Wildman–Crippen LogP) is 3.99. The van der Waals surface area contributed by atoms with Gasteiger partial charge in [-0.25, -0.2) is 18.2 Å². The Hall–Kier alpha value is -3.99. The Bertz CT molecular complexity index is 1570. The highest BCUT2D eigenvalue weighted by Gasteiger charge is 2.24. The molecule has 0 fully saturated rings. The Morgan fingerprint density at radius 1 is 1.12 bits per heavy atom. The molecule has 1 unspecified atom stereocenters. The van der Waals surface area contributed by atoms with Crippen LogP contribution in [0.5, 0.6) is 0 Å². The van der Waals surface area contributed by atoms with E-state index < -0.39 is 29.1 Å². The van der Waals surface area contributed by atoms with Crippen molar-refractivity contribution in [2.75, 3.05) is 13.7 Å². The molecule has 5 aromatic rings. The number of aromatic nitrogens is 5. The summed E-state index contributed by atoms with van der Waals surface area (Å²) >= 11 is 0. The summed E-state index contributed by atoms with van der Waals surface area (Å²) in [6, 6.07) is 6.88. The molecule has 0 amide bonds. The topological polar surface area (TPSA) is 87.5 Å². The number of methoxy groups -OCH3 is 1. The Morgan fingerprint density at radius 3 is 2.70 bits per heavy atom. The van der Waals surface area contributed by atoms with Crippen molar-refractivity contribution in [2.24, 2.45) is 0 Å². The van der Waals surface area contributed by atoms with Crippen molar-refractivity contribution >= 4 is 16.6 Å².